The van der Waals surface area contributed by atoms with E-state index in [1.807, 2.05) is 38.1 Å². The van der Waals surface area contributed by atoms with Crippen molar-refractivity contribution in [2.45, 2.75) is 20.0 Å². The molecule has 2 aromatic carbocycles. The molecule has 4 nitrogen and oxygen atoms in total. The third-order valence-electron chi connectivity index (χ3n) is 2.76. The maximum atomic E-state index is 9.18. The lowest BCUT2D eigenvalue weighted by molar-refractivity contribution is 0.244. The maximum Gasteiger partial charge on any atom is 0.144 e. The number of rotatable bonds is 4. The lowest BCUT2D eigenvalue weighted by atomic mass is 10.2. The number of benzene rings is 2. The minimum absolute atomic E-state index is 0.0462. The number of hydrogen-bond acceptors (Lipinski definition) is 4. The van der Waals surface area contributed by atoms with Crippen molar-refractivity contribution in [1.82, 2.24) is 0 Å². The lowest BCUT2D eigenvalue weighted by Crippen LogP contribution is -2.07. The molecule has 5 heteroatoms. The summed E-state index contributed by atoms with van der Waals surface area (Å²) in [5.41, 5.74) is 8.60. The molecule has 0 aliphatic carbocycles. The highest BCUT2D eigenvalue weighted by molar-refractivity contribution is 9.10. The van der Waals surface area contributed by atoms with Crippen LogP contribution < -0.4 is 15.8 Å². The molecule has 0 fully saturated rings. The topological polar surface area (TPSA) is 71.1 Å². The molecule has 0 saturated heterocycles. The van der Waals surface area contributed by atoms with Gasteiger partial charge in [0.2, 0.25) is 0 Å². The molecule has 0 unspecified atom stereocenters. The molecule has 0 amide bonds. The average molecular weight is 346 g/mol. The second-order valence-corrected chi connectivity index (χ2v) is 5.76. The lowest BCUT2D eigenvalue weighted by Gasteiger charge is -2.15. The van der Waals surface area contributed by atoms with Gasteiger partial charge >= 0.3 is 0 Å². The largest absolute Gasteiger partial charge is 0.489 e. The van der Waals surface area contributed by atoms with Crippen molar-refractivity contribution in [2.75, 3.05) is 11.1 Å². The van der Waals surface area contributed by atoms with Gasteiger partial charge in [0, 0.05) is 16.2 Å². The van der Waals surface area contributed by atoms with E-state index in [0.29, 0.717) is 17.0 Å². The summed E-state index contributed by atoms with van der Waals surface area (Å²) in [6.45, 7) is 3.89. The highest BCUT2D eigenvalue weighted by Gasteiger charge is 2.07. The zero-order valence-electron chi connectivity index (χ0n) is 11.9. The second kappa shape index (κ2) is 6.51. The number of ether oxygens (including phenoxy) is 1. The molecule has 0 saturated carbocycles. The van der Waals surface area contributed by atoms with Crippen LogP contribution >= 0.6 is 15.9 Å². The van der Waals surface area contributed by atoms with E-state index in [1.54, 1.807) is 12.1 Å². The summed E-state index contributed by atoms with van der Waals surface area (Å²) in [6, 6.07) is 13.1. The average Bonchev–Trinajstić information content (AvgIpc) is 2.44. The predicted molar refractivity (Wildman–Crippen MR) is 88.8 cm³/mol. The van der Waals surface area contributed by atoms with E-state index in [1.165, 1.54) is 0 Å². The smallest absolute Gasteiger partial charge is 0.144 e. The normalized spacial score (nSPS) is 10.2. The monoisotopic (exact) mass is 345 g/mol. The van der Waals surface area contributed by atoms with E-state index in [4.69, 9.17) is 10.5 Å². The van der Waals surface area contributed by atoms with Gasteiger partial charge in [0.05, 0.1) is 23.0 Å². The summed E-state index contributed by atoms with van der Waals surface area (Å²) in [7, 11) is 0. The molecule has 0 spiro atoms. The van der Waals surface area contributed by atoms with E-state index >= 15 is 0 Å². The standard InChI is InChI=1S/C16H16BrN3O/c1-10(2)21-16-8-13(4-5-14(16)19)20-15-6-3-12(17)7-11(15)9-18/h3-8,10,20H,19H2,1-2H3. The maximum absolute atomic E-state index is 9.18. The first-order valence-electron chi connectivity index (χ1n) is 6.52. The summed E-state index contributed by atoms with van der Waals surface area (Å²) < 4.78 is 6.53. The van der Waals surface area contributed by atoms with Crippen molar-refractivity contribution in [1.29, 1.82) is 5.26 Å². The van der Waals surface area contributed by atoms with Crippen molar-refractivity contribution >= 4 is 33.0 Å². The van der Waals surface area contributed by atoms with Gasteiger partial charge in [0.15, 0.2) is 0 Å². The molecule has 0 radical (unpaired) electrons. The molecule has 21 heavy (non-hydrogen) atoms. The van der Waals surface area contributed by atoms with E-state index in [-0.39, 0.29) is 6.10 Å². The van der Waals surface area contributed by atoms with Crippen LogP contribution in [-0.4, -0.2) is 6.10 Å². The third kappa shape index (κ3) is 3.89. The van der Waals surface area contributed by atoms with Crippen molar-refractivity contribution in [3.63, 3.8) is 0 Å². The number of halogens is 1. The van der Waals surface area contributed by atoms with Gasteiger partial charge in [-0.15, -0.1) is 0 Å². The Morgan fingerprint density at radius 2 is 2.00 bits per heavy atom. The van der Waals surface area contributed by atoms with Gasteiger partial charge in [-0.25, -0.2) is 0 Å². The Bertz CT molecular complexity index is 692. The number of nitrogens with zero attached hydrogens (tertiary/aromatic N) is 1. The summed E-state index contributed by atoms with van der Waals surface area (Å²) in [5, 5.41) is 12.4. The van der Waals surface area contributed by atoms with Crippen molar-refractivity contribution in [3.8, 4) is 11.8 Å². The first-order valence-corrected chi connectivity index (χ1v) is 7.31. The number of nitrogens with two attached hydrogens (primary N) is 1. The second-order valence-electron chi connectivity index (χ2n) is 4.85. The molecular weight excluding hydrogens is 330 g/mol. The highest BCUT2D eigenvalue weighted by Crippen LogP contribution is 2.30. The van der Waals surface area contributed by atoms with Gasteiger partial charge in [-0.2, -0.15) is 5.26 Å². The van der Waals surface area contributed by atoms with Crippen molar-refractivity contribution in [3.05, 3.63) is 46.4 Å². The molecule has 2 aromatic rings. The number of nitrogen functional groups attached to an aromatic ring is 1. The zero-order chi connectivity index (χ0) is 15.4. The SMILES string of the molecule is CC(C)Oc1cc(Nc2ccc(Br)cc2C#N)ccc1N. The molecule has 0 aliphatic rings. The van der Waals surface area contributed by atoms with Gasteiger partial charge in [-0.1, -0.05) is 15.9 Å². The number of nitriles is 1. The quantitative estimate of drug-likeness (QED) is 0.803. The Morgan fingerprint density at radius 1 is 1.24 bits per heavy atom. The summed E-state index contributed by atoms with van der Waals surface area (Å²) in [5.74, 6) is 0.630. The number of nitrogens with one attached hydrogen (secondary N) is 1. The van der Waals surface area contributed by atoms with Crippen LogP contribution in [0.5, 0.6) is 5.75 Å². The molecule has 0 aromatic heterocycles. The summed E-state index contributed by atoms with van der Waals surface area (Å²) >= 11 is 3.36. The van der Waals surface area contributed by atoms with Crippen molar-refractivity contribution < 1.29 is 4.74 Å². The van der Waals surface area contributed by atoms with Crippen molar-refractivity contribution in [2.24, 2.45) is 0 Å². The van der Waals surface area contributed by atoms with Crippen LogP contribution in [0.2, 0.25) is 0 Å². The van der Waals surface area contributed by atoms with Crippen LogP contribution in [0.15, 0.2) is 40.9 Å². The van der Waals surface area contributed by atoms with E-state index in [2.05, 4.69) is 27.3 Å². The molecule has 0 atom stereocenters. The van der Waals surface area contributed by atoms with Gasteiger partial charge < -0.3 is 15.8 Å². The van der Waals surface area contributed by atoms with Crippen LogP contribution in [0.3, 0.4) is 0 Å². The van der Waals surface area contributed by atoms with Crippen LogP contribution in [0.1, 0.15) is 19.4 Å². The molecule has 2 rings (SSSR count). The van der Waals surface area contributed by atoms with E-state index in [0.717, 1.165) is 15.8 Å². The van der Waals surface area contributed by atoms with Gasteiger partial charge in [0.1, 0.15) is 11.8 Å². The van der Waals surface area contributed by atoms with Crippen LogP contribution in [0.25, 0.3) is 0 Å². The zero-order valence-corrected chi connectivity index (χ0v) is 13.4. The van der Waals surface area contributed by atoms with Gasteiger partial charge in [-0.3, -0.25) is 0 Å². The summed E-state index contributed by atoms with van der Waals surface area (Å²) in [6.07, 6.45) is 0.0462. The van der Waals surface area contributed by atoms with Gasteiger partial charge in [-0.05, 0) is 44.2 Å². The molecule has 3 N–H and O–H groups in total. The molecule has 108 valence electrons. The fraction of sp³-hybridized carbons (Fsp3) is 0.188. The van der Waals surface area contributed by atoms with E-state index in [9.17, 15) is 5.26 Å². The Labute approximate surface area is 132 Å². The Balaban J connectivity index is 2.30. The predicted octanol–water partition coefficient (Wildman–Crippen LogP) is 4.43. The minimum Gasteiger partial charge on any atom is -0.489 e. The van der Waals surface area contributed by atoms with E-state index < -0.39 is 0 Å². The molecule has 0 bridgehead atoms. The fourth-order valence-corrected chi connectivity index (χ4v) is 2.20. The molecule has 0 heterocycles. The summed E-state index contributed by atoms with van der Waals surface area (Å²) in [4.78, 5) is 0. The minimum atomic E-state index is 0.0462. The van der Waals surface area contributed by atoms with Crippen LogP contribution in [0.4, 0.5) is 17.1 Å². The fourth-order valence-electron chi connectivity index (χ4n) is 1.84. The Morgan fingerprint density at radius 3 is 2.67 bits per heavy atom. The third-order valence-corrected chi connectivity index (χ3v) is 3.25. The Kier molecular flexibility index (Phi) is 4.71. The van der Waals surface area contributed by atoms with Crippen LogP contribution in [0, 0.1) is 11.3 Å². The Hall–Kier alpha value is -2.19. The first-order chi connectivity index (χ1) is 9.99. The first kappa shape index (κ1) is 15.2. The molecule has 0 aliphatic heterocycles. The highest BCUT2D eigenvalue weighted by atomic mass is 79.9. The van der Waals surface area contributed by atoms with Crippen LogP contribution in [-0.2, 0) is 0 Å². The van der Waals surface area contributed by atoms with Gasteiger partial charge in [0.25, 0.3) is 0 Å². The number of anilines is 3. The number of hydrogen-bond donors (Lipinski definition) is 2. The molecular formula is C16H16BrN3O.